The molecule has 5 nitrogen and oxygen atoms in total. The number of nitrogens with zero attached hydrogens (tertiary/aromatic N) is 4. The molecule has 2 heterocycles. The standard InChI is InChI=1S/C24H25N5/c1-17(2)29(16-19-9-5-4-6-10-19)23-15-22(26-18(3)27-23)28-21-13-7-11-20-12-8-14-25-24(20)21/h4-15,17H,16H2,1-3H3,(H,26,27,28). The van der Waals surface area contributed by atoms with E-state index in [9.17, 15) is 0 Å². The Balaban J connectivity index is 1.67. The predicted octanol–water partition coefficient (Wildman–Crippen LogP) is 5.49. The molecule has 0 saturated heterocycles. The van der Waals surface area contributed by atoms with E-state index in [1.165, 1.54) is 5.56 Å². The fourth-order valence-electron chi connectivity index (χ4n) is 3.41. The summed E-state index contributed by atoms with van der Waals surface area (Å²) in [6.45, 7) is 7.09. The highest BCUT2D eigenvalue weighted by atomic mass is 15.2. The third kappa shape index (κ3) is 4.35. The van der Waals surface area contributed by atoms with E-state index < -0.39 is 0 Å². The number of hydrogen-bond acceptors (Lipinski definition) is 5. The van der Waals surface area contributed by atoms with Gasteiger partial charge >= 0.3 is 0 Å². The summed E-state index contributed by atoms with van der Waals surface area (Å²) in [6, 6.07) is 22.9. The summed E-state index contributed by atoms with van der Waals surface area (Å²) in [5.74, 6) is 2.41. The maximum atomic E-state index is 4.71. The minimum atomic E-state index is 0.302. The van der Waals surface area contributed by atoms with Crippen LogP contribution in [0.2, 0.25) is 0 Å². The van der Waals surface area contributed by atoms with E-state index in [0.717, 1.165) is 40.6 Å². The smallest absolute Gasteiger partial charge is 0.136 e. The van der Waals surface area contributed by atoms with Gasteiger partial charge in [-0.2, -0.15) is 0 Å². The van der Waals surface area contributed by atoms with Gasteiger partial charge in [-0.05, 0) is 38.5 Å². The molecule has 146 valence electrons. The van der Waals surface area contributed by atoms with Crippen LogP contribution >= 0.6 is 0 Å². The number of para-hydroxylation sites is 1. The molecule has 5 heteroatoms. The Labute approximate surface area is 171 Å². The van der Waals surface area contributed by atoms with Crippen molar-refractivity contribution >= 4 is 28.2 Å². The van der Waals surface area contributed by atoms with Crippen molar-refractivity contribution in [1.82, 2.24) is 15.0 Å². The van der Waals surface area contributed by atoms with Crippen molar-refractivity contribution in [2.24, 2.45) is 0 Å². The van der Waals surface area contributed by atoms with Gasteiger partial charge in [0.05, 0.1) is 11.2 Å². The first-order valence-corrected chi connectivity index (χ1v) is 9.87. The average molecular weight is 383 g/mol. The lowest BCUT2D eigenvalue weighted by molar-refractivity contribution is 0.670. The van der Waals surface area contributed by atoms with Crippen molar-refractivity contribution in [3.63, 3.8) is 0 Å². The molecule has 0 atom stereocenters. The van der Waals surface area contributed by atoms with Crippen LogP contribution < -0.4 is 10.2 Å². The minimum Gasteiger partial charge on any atom is -0.350 e. The van der Waals surface area contributed by atoms with Gasteiger partial charge in [0.2, 0.25) is 0 Å². The third-order valence-corrected chi connectivity index (χ3v) is 4.83. The Hall–Kier alpha value is -3.47. The second kappa shape index (κ2) is 8.27. The lowest BCUT2D eigenvalue weighted by Gasteiger charge is -2.28. The van der Waals surface area contributed by atoms with Gasteiger partial charge in [-0.25, -0.2) is 9.97 Å². The SMILES string of the molecule is Cc1nc(Nc2cccc3cccnc23)cc(N(Cc2ccccc2)C(C)C)n1. The molecule has 0 unspecified atom stereocenters. The molecular formula is C24H25N5. The van der Waals surface area contributed by atoms with Crippen LogP contribution in [0.3, 0.4) is 0 Å². The Morgan fingerprint density at radius 1 is 0.931 bits per heavy atom. The van der Waals surface area contributed by atoms with Crippen LogP contribution in [0.15, 0.2) is 72.9 Å². The molecule has 2 aromatic carbocycles. The summed E-state index contributed by atoms with van der Waals surface area (Å²) >= 11 is 0. The number of anilines is 3. The van der Waals surface area contributed by atoms with Crippen molar-refractivity contribution in [2.45, 2.75) is 33.4 Å². The molecule has 0 aliphatic heterocycles. The number of benzene rings is 2. The number of nitrogens with one attached hydrogen (secondary N) is 1. The second-order valence-corrected chi connectivity index (χ2v) is 7.37. The van der Waals surface area contributed by atoms with Crippen molar-refractivity contribution in [2.75, 3.05) is 10.2 Å². The van der Waals surface area contributed by atoms with Crippen molar-refractivity contribution < 1.29 is 0 Å². The Kier molecular flexibility index (Phi) is 5.38. The van der Waals surface area contributed by atoms with Crippen LogP contribution in [-0.2, 0) is 6.54 Å². The molecule has 0 aliphatic rings. The van der Waals surface area contributed by atoms with Crippen molar-refractivity contribution in [3.05, 3.63) is 84.3 Å². The van der Waals surface area contributed by atoms with Crippen LogP contribution in [0.25, 0.3) is 10.9 Å². The van der Waals surface area contributed by atoms with Gasteiger partial charge in [0.25, 0.3) is 0 Å². The Bertz CT molecular complexity index is 1100. The maximum Gasteiger partial charge on any atom is 0.136 e. The fourth-order valence-corrected chi connectivity index (χ4v) is 3.41. The van der Waals surface area contributed by atoms with Gasteiger partial charge in [-0.1, -0.05) is 48.5 Å². The number of pyridine rings is 1. The maximum absolute atomic E-state index is 4.71. The van der Waals surface area contributed by atoms with Gasteiger partial charge in [0.1, 0.15) is 17.5 Å². The first-order chi connectivity index (χ1) is 14.1. The molecule has 1 N–H and O–H groups in total. The normalized spacial score (nSPS) is 11.0. The lowest BCUT2D eigenvalue weighted by Crippen LogP contribution is -2.31. The van der Waals surface area contributed by atoms with E-state index in [4.69, 9.17) is 4.98 Å². The molecule has 0 fully saturated rings. The monoisotopic (exact) mass is 383 g/mol. The first-order valence-electron chi connectivity index (χ1n) is 9.87. The summed E-state index contributed by atoms with van der Waals surface area (Å²) in [5, 5.41) is 4.54. The third-order valence-electron chi connectivity index (χ3n) is 4.83. The molecule has 29 heavy (non-hydrogen) atoms. The molecule has 0 aliphatic carbocycles. The molecule has 0 bridgehead atoms. The Morgan fingerprint density at radius 3 is 2.52 bits per heavy atom. The zero-order valence-electron chi connectivity index (χ0n) is 17.0. The van der Waals surface area contributed by atoms with Crippen molar-refractivity contribution in [3.8, 4) is 0 Å². The topological polar surface area (TPSA) is 53.9 Å². The van der Waals surface area contributed by atoms with Gasteiger partial charge in [-0.15, -0.1) is 0 Å². The summed E-state index contributed by atoms with van der Waals surface area (Å²) in [4.78, 5) is 16.1. The van der Waals surface area contributed by atoms with Gasteiger partial charge < -0.3 is 10.2 Å². The number of hydrogen-bond donors (Lipinski definition) is 1. The van der Waals surface area contributed by atoms with Crippen LogP contribution in [0.1, 0.15) is 25.2 Å². The largest absolute Gasteiger partial charge is 0.350 e. The van der Waals surface area contributed by atoms with Crippen molar-refractivity contribution in [1.29, 1.82) is 0 Å². The number of aryl methyl sites for hydroxylation is 1. The Morgan fingerprint density at radius 2 is 1.72 bits per heavy atom. The highest BCUT2D eigenvalue weighted by molar-refractivity contribution is 5.91. The molecular weight excluding hydrogens is 358 g/mol. The van der Waals surface area contributed by atoms with Gasteiger partial charge in [-0.3, -0.25) is 4.98 Å². The summed E-state index contributed by atoms with van der Waals surface area (Å²) in [7, 11) is 0. The predicted molar refractivity (Wildman–Crippen MR) is 120 cm³/mol. The van der Waals surface area contributed by atoms with E-state index in [-0.39, 0.29) is 0 Å². The molecule has 0 amide bonds. The number of rotatable bonds is 6. The molecule has 4 rings (SSSR count). The lowest BCUT2D eigenvalue weighted by atomic mass is 10.2. The quantitative estimate of drug-likeness (QED) is 0.477. The van der Waals surface area contributed by atoms with E-state index in [2.05, 4.69) is 70.4 Å². The molecule has 2 aromatic heterocycles. The fraction of sp³-hybridized carbons (Fsp3) is 0.208. The van der Waals surface area contributed by atoms with Crippen LogP contribution in [0.5, 0.6) is 0 Å². The minimum absolute atomic E-state index is 0.302. The molecule has 0 saturated carbocycles. The highest BCUT2D eigenvalue weighted by Gasteiger charge is 2.15. The first kappa shape index (κ1) is 18.9. The second-order valence-electron chi connectivity index (χ2n) is 7.37. The van der Waals surface area contributed by atoms with E-state index in [1.807, 2.05) is 43.5 Å². The van der Waals surface area contributed by atoms with Gasteiger partial charge in [0, 0.05) is 30.2 Å². The van der Waals surface area contributed by atoms with E-state index >= 15 is 0 Å². The molecule has 4 aromatic rings. The highest BCUT2D eigenvalue weighted by Crippen LogP contribution is 2.26. The van der Waals surface area contributed by atoms with Crippen LogP contribution in [0, 0.1) is 6.92 Å². The van der Waals surface area contributed by atoms with Crippen LogP contribution in [0.4, 0.5) is 17.3 Å². The van der Waals surface area contributed by atoms with E-state index in [1.54, 1.807) is 0 Å². The zero-order valence-corrected chi connectivity index (χ0v) is 17.0. The van der Waals surface area contributed by atoms with Gasteiger partial charge in [0.15, 0.2) is 0 Å². The zero-order chi connectivity index (χ0) is 20.2. The summed E-state index contributed by atoms with van der Waals surface area (Å²) in [6.07, 6.45) is 1.81. The average Bonchev–Trinajstić information content (AvgIpc) is 2.72. The summed E-state index contributed by atoms with van der Waals surface area (Å²) in [5.41, 5.74) is 3.12. The summed E-state index contributed by atoms with van der Waals surface area (Å²) < 4.78 is 0. The molecule has 0 radical (unpaired) electrons. The molecule has 0 spiro atoms. The van der Waals surface area contributed by atoms with E-state index in [0.29, 0.717) is 6.04 Å². The van der Waals surface area contributed by atoms with Crippen LogP contribution in [-0.4, -0.2) is 21.0 Å². The number of aromatic nitrogens is 3. The number of fused-ring (bicyclic) bond motifs is 1.